The summed E-state index contributed by atoms with van der Waals surface area (Å²) in [6, 6.07) is 3.73. The van der Waals surface area contributed by atoms with Crippen molar-refractivity contribution in [2.45, 2.75) is 19.4 Å². The van der Waals surface area contributed by atoms with Gasteiger partial charge in [-0.15, -0.1) is 11.3 Å². The Kier molecular flexibility index (Phi) is 3.40. The van der Waals surface area contributed by atoms with Gasteiger partial charge in [0.1, 0.15) is 5.15 Å². The third kappa shape index (κ3) is 2.17. The fourth-order valence-corrected chi connectivity index (χ4v) is 3.70. The number of aromatic nitrogens is 1. The molecule has 2 aromatic rings. The molecule has 104 valence electrons. The molecule has 3 heterocycles. The molecule has 2 N–H and O–H groups in total. The van der Waals surface area contributed by atoms with E-state index in [1.54, 1.807) is 17.4 Å². The number of carbonyl (C=O) groups is 1. The highest BCUT2D eigenvalue weighted by Gasteiger charge is 2.30. The molecule has 0 aliphatic carbocycles. The molecule has 0 fully saturated rings. The van der Waals surface area contributed by atoms with Crippen LogP contribution in [-0.4, -0.2) is 22.3 Å². The van der Waals surface area contributed by atoms with Crippen LogP contribution in [0.5, 0.6) is 0 Å². The number of rotatable bonds is 1. The van der Waals surface area contributed by atoms with Gasteiger partial charge >= 0.3 is 0 Å². The number of carbonyl (C=O) groups excluding carboxylic acids is 1. The van der Waals surface area contributed by atoms with E-state index in [4.69, 9.17) is 17.3 Å². The van der Waals surface area contributed by atoms with Crippen molar-refractivity contribution in [1.82, 2.24) is 9.88 Å². The first kappa shape index (κ1) is 13.4. The second kappa shape index (κ2) is 5.07. The van der Waals surface area contributed by atoms with Gasteiger partial charge in [-0.1, -0.05) is 11.6 Å². The zero-order chi connectivity index (χ0) is 14.3. The van der Waals surface area contributed by atoms with Gasteiger partial charge in [-0.25, -0.2) is 4.98 Å². The lowest BCUT2D eigenvalue weighted by atomic mass is 10.0. The summed E-state index contributed by atoms with van der Waals surface area (Å²) < 4.78 is 0. The van der Waals surface area contributed by atoms with Gasteiger partial charge in [-0.2, -0.15) is 0 Å². The van der Waals surface area contributed by atoms with Crippen molar-refractivity contribution in [2.24, 2.45) is 0 Å². The number of halogens is 1. The van der Waals surface area contributed by atoms with Gasteiger partial charge in [0, 0.05) is 11.4 Å². The predicted molar refractivity (Wildman–Crippen MR) is 81.1 cm³/mol. The standard InChI is InChI=1S/C14H14ClN3OS/c1-8-10-3-5-20-12(10)2-4-18(8)14(19)11-6-9(16)7-17-13(11)15/h3,5-8H,2,4,16H2,1H3. The lowest BCUT2D eigenvalue weighted by Crippen LogP contribution is -2.38. The van der Waals surface area contributed by atoms with Crippen LogP contribution in [0.25, 0.3) is 0 Å². The molecule has 6 heteroatoms. The molecule has 3 rings (SSSR count). The van der Waals surface area contributed by atoms with Crippen molar-refractivity contribution in [2.75, 3.05) is 12.3 Å². The Morgan fingerprint density at radius 3 is 3.20 bits per heavy atom. The minimum Gasteiger partial charge on any atom is -0.397 e. The van der Waals surface area contributed by atoms with Crippen molar-refractivity contribution in [3.8, 4) is 0 Å². The first-order valence-electron chi connectivity index (χ1n) is 6.36. The molecule has 20 heavy (non-hydrogen) atoms. The number of hydrogen-bond acceptors (Lipinski definition) is 4. The summed E-state index contributed by atoms with van der Waals surface area (Å²) in [5.74, 6) is -0.112. The lowest BCUT2D eigenvalue weighted by Gasteiger charge is -2.33. The molecule has 0 saturated carbocycles. The van der Waals surface area contributed by atoms with E-state index in [-0.39, 0.29) is 17.1 Å². The zero-order valence-corrected chi connectivity index (χ0v) is 12.5. The maximum absolute atomic E-state index is 12.7. The highest BCUT2D eigenvalue weighted by molar-refractivity contribution is 7.10. The SMILES string of the molecule is CC1c2ccsc2CCN1C(=O)c1cc(N)cnc1Cl. The molecule has 4 nitrogen and oxygen atoms in total. The van der Waals surface area contributed by atoms with E-state index in [9.17, 15) is 4.79 Å². The summed E-state index contributed by atoms with van der Waals surface area (Å²) in [6.45, 7) is 2.73. The van der Waals surface area contributed by atoms with Crippen LogP contribution in [0, 0.1) is 0 Å². The molecule has 0 saturated heterocycles. The summed E-state index contributed by atoms with van der Waals surface area (Å²) in [4.78, 5) is 19.8. The quantitative estimate of drug-likeness (QED) is 0.823. The van der Waals surface area contributed by atoms with Gasteiger partial charge < -0.3 is 10.6 Å². The van der Waals surface area contributed by atoms with Crippen LogP contribution < -0.4 is 5.73 Å². The van der Waals surface area contributed by atoms with Crippen molar-refractivity contribution < 1.29 is 4.79 Å². The third-order valence-corrected chi connectivity index (χ3v) is 4.93. The number of nitrogens with zero attached hydrogens (tertiary/aromatic N) is 2. The molecular weight excluding hydrogens is 294 g/mol. The topological polar surface area (TPSA) is 59.2 Å². The summed E-state index contributed by atoms with van der Waals surface area (Å²) in [7, 11) is 0. The number of anilines is 1. The van der Waals surface area contributed by atoms with Crippen molar-refractivity contribution in [1.29, 1.82) is 0 Å². The van der Waals surface area contributed by atoms with Crippen molar-refractivity contribution in [3.05, 3.63) is 44.9 Å². The van der Waals surface area contributed by atoms with Crippen LogP contribution in [-0.2, 0) is 6.42 Å². The minimum atomic E-state index is -0.112. The summed E-state index contributed by atoms with van der Waals surface area (Å²) >= 11 is 7.77. The van der Waals surface area contributed by atoms with E-state index in [0.29, 0.717) is 17.8 Å². The van der Waals surface area contributed by atoms with Gasteiger partial charge in [0.15, 0.2) is 0 Å². The smallest absolute Gasteiger partial charge is 0.257 e. The van der Waals surface area contributed by atoms with Crippen molar-refractivity contribution in [3.63, 3.8) is 0 Å². The van der Waals surface area contributed by atoms with Crippen LogP contribution in [0.4, 0.5) is 5.69 Å². The number of thiophene rings is 1. The number of nitrogen functional groups attached to an aromatic ring is 1. The van der Waals surface area contributed by atoms with Crippen LogP contribution >= 0.6 is 22.9 Å². The maximum atomic E-state index is 12.7. The summed E-state index contributed by atoms with van der Waals surface area (Å²) in [5, 5.41) is 2.27. The second-order valence-electron chi connectivity index (χ2n) is 4.83. The Hall–Kier alpha value is -1.59. The maximum Gasteiger partial charge on any atom is 0.257 e. The van der Waals surface area contributed by atoms with Gasteiger partial charge in [-0.05, 0) is 36.4 Å². The highest BCUT2D eigenvalue weighted by atomic mass is 35.5. The molecule has 0 spiro atoms. The number of hydrogen-bond donors (Lipinski definition) is 1. The molecule has 1 atom stereocenters. The second-order valence-corrected chi connectivity index (χ2v) is 6.19. The average molecular weight is 308 g/mol. The molecule has 1 aliphatic heterocycles. The average Bonchev–Trinajstić information content (AvgIpc) is 2.90. The number of amides is 1. The van der Waals surface area contributed by atoms with E-state index >= 15 is 0 Å². The van der Waals surface area contributed by atoms with E-state index in [1.807, 2.05) is 11.8 Å². The molecular formula is C14H14ClN3OS. The van der Waals surface area contributed by atoms with Crippen LogP contribution in [0.1, 0.15) is 33.8 Å². The monoisotopic (exact) mass is 307 g/mol. The molecule has 0 aromatic carbocycles. The fraction of sp³-hybridized carbons (Fsp3) is 0.286. The van der Waals surface area contributed by atoms with Gasteiger partial charge in [-0.3, -0.25) is 4.79 Å². The minimum absolute atomic E-state index is 0.0509. The van der Waals surface area contributed by atoms with Crippen LogP contribution in [0.3, 0.4) is 0 Å². The number of fused-ring (bicyclic) bond motifs is 1. The van der Waals surface area contributed by atoms with Gasteiger partial charge in [0.05, 0.1) is 23.5 Å². The Balaban J connectivity index is 1.94. The molecule has 0 bridgehead atoms. The van der Waals surface area contributed by atoms with Gasteiger partial charge in [0.25, 0.3) is 5.91 Å². The zero-order valence-electron chi connectivity index (χ0n) is 11.0. The number of nitrogens with two attached hydrogens (primary N) is 1. The summed E-state index contributed by atoms with van der Waals surface area (Å²) in [6.07, 6.45) is 2.34. The van der Waals surface area contributed by atoms with E-state index < -0.39 is 0 Å². The normalized spacial score (nSPS) is 17.9. The fourth-order valence-electron chi connectivity index (χ4n) is 2.56. The van der Waals surface area contributed by atoms with Crippen LogP contribution in [0.15, 0.2) is 23.7 Å². The van der Waals surface area contributed by atoms with E-state index in [2.05, 4.69) is 16.4 Å². The Labute approximate surface area is 126 Å². The molecule has 1 aliphatic rings. The van der Waals surface area contributed by atoms with E-state index in [0.717, 1.165) is 6.42 Å². The Bertz CT molecular complexity index is 670. The summed E-state index contributed by atoms with van der Waals surface area (Å²) in [5.41, 5.74) is 7.74. The molecule has 1 amide bonds. The largest absolute Gasteiger partial charge is 0.397 e. The number of pyridine rings is 1. The van der Waals surface area contributed by atoms with Gasteiger partial charge in [0.2, 0.25) is 0 Å². The Morgan fingerprint density at radius 2 is 2.40 bits per heavy atom. The van der Waals surface area contributed by atoms with Crippen LogP contribution in [0.2, 0.25) is 5.15 Å². The lowest BCUT2D eigenvalue weighted by molar-refractivity contribution is 0.0679. The molecule has 2 aromatic heterocycles. The van der Waals surface area contributed by atoms with Crippen molar-refractivity contribution >= 4 is 34.5 Å². The third-order valence-electron chi connectivity index (χ3n) is 3.63. The molecule has 0 radical (unpaired) electrons. The first-order valence-corrected chi connectivity index (χ1v) is 7.62. The Morgan fingerprint density at radius 1 is 1.60 bits per heavy atom. The highest BCUT2D eigenvalue weighted by Crippen LogP contribution is 2.34. The molecule has 1 unspecified atom stereocenters. The van der Waals surface area contributed by atoms with E-state index in [1.165, 1.54) is 16.6 Å². The predicted octanol–water partition coefficient (Wildman–Crippen LogP) is 3.14. The first-order chi connectivity index (χ1) is 9.58.